The first-order valence-corrected chi connectivity index (χ1v) is 6.94. The molecule has 0 bridgehead atoms. The SMILES string of the molecule is CCCCNC(=O)NC(=O)CN1CCC(C(=O)OC)C1. The number of ether oxygens (including phenoxy) is 1. The molecule has 0 aromatic rings. The number of unbranched alkanes of at least 4 members (excludes halogenated alkanes) is 1. The lowest BCUT2D eigenvalue weighted by Gasteiger charge is -2.14. The van der Waals surface area contributed by atoms with Crippen LogP contribution in [0.5, 0.6) is 0 Å². The van der Waals surface area contributed by atoms with Crippen LogP contribution in [0.4, 0.5) is 4.79 Å². The van der Waals surface area contributed by atoms with Gasteiger partial charge in [-0.3, -0.25) is 19.8 Å². The highest BCUT2D eigenvalue weighted by molar-refractivity contribution is 5.95. The first-order valence-electron chi connectivity index (χ1n) is 6.94. The lowest BCUT2D eigenvalue weighted by molar-refractivity contribution is -0.145. The number of esters is 1. The number of methoxy groups -OCH3 is 1. The van der Waals surface area contributed by atoms with Gasteiger partial charge in [0.05, 0.1) is 19.6 Å². The fourth-order valence-corrected chi connectivity index (χ4v) is 2.13. The van der Waals surface area contributed by atoms with Crippen molar-refractivity contribution in [3.63, 3.8) is 0 Å². The molecule has 0 aliphatic carbocycles. The van der Waals surface area contributed by atoms with Crippen LogP contribution in [-0.4, -0.2) is 56.1 Å². The van der Waals surface area contributed by atoms with Crippen molar-refractivity contribution < 1.29 is 19.1 Å². The molecular formula is C13H23N3O4. The third kappa shape index (κ3) is 5.56. The number of likely N-dealkylation sites (tertiary alicyclic amines) is 1. The largest absolute Gasteiger partial charge is 0.469 e. The van der Waals surface area contributed by atoms with Gasteiger partial charge in [-0.15, -0.1) is 0 Å². The molecule has 1 atom stereocenters. The van der Waals surface area contributed by atoms with Gasteiger partial charge in [-0.25, -0.2) is 4.79 Å². The number of imide groups is 1. The number of hydrogen-bond acceptors (Lipinski definition) is 5. The zero-order valence-corrected chi connectivity index (χ0v) is 12.1. The molecule has 114 valence electrons. The van der Waals surface area contributed by atoms with Crippen LogP contribution < -0.4 is 10.6 Å². The summed E-state index contributed by atoms with van der Waals surface area (Å²) in [5.41, 5.74) is 0. The fraction of sp³-hybridized carbons (Fsp3) is 0.769. The molecule has 1 rings (SSSR count). The lowest BCUT2D eigenvalue weighted by Crippen LogP contribution is -2.44. The number of nitrogens with zero attached hydrogens (tertiary/aromatic N) is 1. The highest BCUT2D eigenvalue weighted by Gasteiger charge is 2.30. The highest BCUT2D eigenvalue weighted by Crippen LogP contribution is 2.16. The maximum absolute atomic E-state index is 11.7. The Balaban J connectivity index is 2.23. The summed E-state index contributed by atoms with van der Waals surface area (Å²) >= 11 is 0. The summed E-state index contributed by atoms with van der Waals surface area (Å²) in [6, 6.07) is -0.466. The number of hydrogen-bond donors (Lipinski definition) is 2. The van der Waals surface area contributed by atoms with E-state index in [1.807, 2.05) is 11.8 Å². The Bertz CT molecular complexity index is 360. The van der Waals surface area contributed by atoms with Crippen LogP contribution in [0.3, 0.4) is 0 Å². The van der Waals surface area contributed by atoms with Crippen molar-refractivity contribution in [1.82, 2.24) is 15.5 Å². The normalized spacial score (nSPS) is 18.6. The Kier molecular flexibility index (Phi) is 7.00. The van der Waals surface area contributed by atoms with Gasteiger partial charge in [0.25, 0.3) is 0 Å². The van der Waals surface area contributed by atoms with E-state index in [1.165, 1.54) is 7.11 Å². The molecule has 7 nitrogen and oxygen atoms in total. The number of amides is 3. The van der Waals surface area contributed by atoms with E-state index >= 15 is 0 Å². The van der Waals surface area contributed by atoms with Crippen LogP contribution in [0.2, 0.25) is 0 Å². The fourth-order valence-electron chi connectivity index (χ4n) is 2.13. The van der Waals surface area contributed by atoms with Gasteiger partial charge in [-0.2, -0.15) is 0 Å². The zero-order valence-electron chi connectivity index (χ0n) is 12.1. The maximum Gasteiger partial charge on any atom is 0.321 e. The van der Waals surface area contributed by atoms with E-state index in [4.69, 9.17) is 0 Å². The van der Waals surface area contributed by atoms with E-state index in [9.17, 15) is 14.4 Å². The molecule has 0 aromatic heterocycles. The maximum atomic E-state index is 11.7. The molecule has 3 amide bonds. The third-order valence-electron chi connectivity index (χ3n) is 3.24. The Labute approximate surface area is 119 Å². The Morgan fingerprint density at radius 1 is 1.35 bits per heavy atom. The summed E-state index contributed by atoms with van der Waals surface area (Å²) in [7, 11) is 1.36. The van der Waals surface area contributed by atoms with Gasteiger partial charge in [0, 0.05) is 13.1 Å². The zero-order chi connectivity index (χ0) is 15.0. The molecule has 1 unspecified atom stereocenters. The van der Waals surface area contributed by atoms with Crippen LogP contribution >= 0.6 is 0 Å². The molecule has 1 aliphatic rings. The van der Waals surface area contributed by atoms with E-state index in [0.717, 1.165) is 12.8 Å². The van der Waals surface area contributed by atoms with Crippen molar-refractivity contribution in [1.29, 1.82) is 0 Å². The average Bonchev–Trinajstić information content (AvgIpc) is 2.86. The van der Waals surface area contributed by atoms with Gasteiger partial charge in [0.1, 0.15) is 0 Å². The van der Waals surface area contributed by atoms with Crippen molar-refractivity contribution in [2.24, 2.45) is 5.92 Å². The van der Waals surface area contributed by atoms with Gasteiger partial charge in [0.2, 0.25) is 5.91 Å². The molecule has 0 radical (unpaired) electrons. The summed E-state index contributed by atoms with van der Waals surface area (Å²) in [6.45, 7) is 3.86. The van der Waals surface area contributed by atoms with E-state index in [0.29, 0.717) is 26.1 Å². The van der Waals surface area contributed by atoms with Crippen molar-refractivity contribution in [3.8, 4) is 0 Å². The van der Waals surface area contributed by atoms with E-state index in [1.54, 1.807) is 0 Å². The summed E-state index contributed by atoms with van der Waals surface area (Å²) in [5.74, 6) is -0.777. The summed E-state index contributed by atoms with van der Waals surface area (Å²) in [6.07, 6.45) is 2.55. The Morgan fingerprint density at radius 3 is 2.75 bits per heavy atom. The molecule has 1 aliphatic heterocycles. The number of rotatable bonds is 6. The third-order valence-corrected chi connectivity index (χ3v) is 3.24. The second-order valence-electron chi connectivity index (χ2n) is 4.90. The topological polar surface area (TPSA) is 87.7 Å². The van der Waals surface area contributed by atoms with Crippen LogP contribution in [0.25, 0.3) is 0 Å². The van der Waals surface area contributed by atoms with E-state index in [2.05, 4.69) is 15.4 Å². The summed E-state index contributed by atoms with van der Waals surface area (Å²) in [4.78, 5) is 36.2. The number of urea groups is 1. The van der Waals surface area contributed by atoms with E-state index < -0.39 is 6.03 Å². The monoisotopic (exact) mass is 285 g/mol. The smallest absolute Gasteiger partial charge is 0.321 e. The Morgan fingerprint density at radius 2 is 2.10 bits per heavy atom. The van der Waals surface area contributed by atoms with E-state index in [-0.39, 0.29) is 24.3 Å². The second-order valence-corrected chi connectivity index (χ2v) is 4.90. The minimum atomic E-state index is -0.466. The lowest BCUT2D eigenvalue weighted by atomic mass is 10.1. The van der Waals surface area contributed by atoms with Gasteiger partial charge < -0.3 is 10.1 Å². The molecule has 0 aromatic carbocycles. The van der Waals surface area contributed by atoms with Gasteiger partial charge in [-0.05, 0) is 19.4 Å². The standard InChI is InChI=1S/C13H23N3O4/c1-3-4-6-14-13(19)15-11(17)9-16-7-5-10(8-16)12(18)20-2/h10H,3-9H2,1-2H3,(H2,14,15,17,19). The van der Waals surface area contributed by atoms with Crippen LogP contribution in [-0.2, 0) is 14.3 Å². The predicted octanol–water partition coefficient (Wildman–Crippen LogP) is 0.107. The van der Waals surface area contributed by atoms with Crippen LogP contribution in [0.15, 0.2) is 0 Å². The van der Waals surface area contributed by atoms with Crippen molar-refractivity contribution >= 4 is 17.9 Å². The van der Waals surface area contributed by atoms with Crippen molar-refractivity contribution in [3.05, 3.63) is 0 Å². The minimum Gasteiger partial charge on any atom is -0.469 e. The summed E-state index contributed by atoms with van der Waals surface area (Å²) in [5, 5.41) is 4.89. The molecular weight excluding hydrogens is 262 g/mol. The van der Waals surface area contributed by atoms with Gasteiger partial charge in [0.15, 0.2) is 0 Å². The van der Waals surface area contributed by atoms with Crippen LogP contribution in [0.1, 0.15) is 26.2 Å². The number of nitrogens with one attached hydrogen (secondary N) is 2. The van der Waals surface area contributed by atoms with Gasteiger partial charge in [-0.1, -0.05) is 13.3 Å². The Hall–Kier alpha value is -1.63. The quantitative estimate of drug-likeness (QED) is 0.534. The summed E-state index contributed by atoms with van der Waals surface area (Å²) < 4.78 is 4.68. The minimum absolute atomic E-state index is 0.120. The van der Waals surface area contributed by atoms with Crippen LogP contribution in [0, 0.1) is 5.92 Å². The van der Waals surface area contributed by atoms with Crippen molar-refractivity contribution in [2.45, 2.75) is 26.2 Å². The first-order chi connectivity index (χ1) is 9.56. The second kappa shape index (κ2) is 8.52. The number of carbonyl (C=O) groups is 3. The molecule has 1 saturated heterocycles. The highest BCUT2D eigenvalue weighted by atomic mass is 16.5. The molecule has 0 spiro atoms. The number of carbonyl (C=O) groups excluding carboxylic acids is 3. The van der Waals surface area contributed by atoms with Gasteiger partial charge >= 0.3 is 12.0 Å². The van der Waals surface area contributed by atoms with Crippen molar-refractivity contribution in [2.75, 3.05) is 33.3 Å². The molecule has 20 heavy (non-hydrogen) atoms. The molecule has 1 heterocycles. The molecule has 1 fully saturated rings. The first kappa shape index (κ1) is 16.4. The average molecular weight is 285 g/mol. The molecule has 2 N–H and O–H groups in total. The predicted molar refractivity (Wildman–Crippen MR) is 73.0 cm³/mol. The molecule has 7 heteroatoms. The molecule has 0 saturated carbocycles.